The summed E-state index contributed by atoms with van der Waals surface area (Å²) in [5.74, 6) is 0.106. The van der Waals surface area contributed by atoms with Gasteiger partial charge in [-0.3, -0.25) is 4.79 Å². The number of halogens is 1. The second-order valence-electron chi connectivity index (χ2n) is 3.55. The highest BCUT2D eigenvalue weighted by Crippen LogP contribution is 2.32. The Morgan fingerprint density at radius 2 is 2.44 bits per heavy atom. The highest BCUT2D eigenvalue weighted by molar-refractivity contribution is 5.87. The van der Waals surface area contributed by atoms with E-state index in [2.05, 4.69) is 5.32 Å². The molecule has 1 unspecified atom stereocenters. The Morgan fingerprint density at radius 3 is 3.19 bits per heavy atom. The first kappa shape index (κ1) is 10.7. The van der Waals surface area contributed by atoms with E-state index in [1.807, 2.05) is 0 Å². The van der Waals surface area contributed by atoms with Crippen molar-refractivity contribution in [2.75, 3.05) is 6.61 Å². The lowest BCUT2D eigenvalue weighted by Gasteiger charge is -2.09. The number of hydrogen-bond donors (Lipinski definition) is 1. The monoisotopic (exact) mass is 221 g/mol. The van der Waals surface area contributed by atoms with Gasteiger partial charge in [0.15, 0.2) is 0 Å². The summed E-state index contributed by atoms with van der Waals surface area (Å²) in [5.41, 5.74) is 0.692. The predicted molar refractivity (Wildman–Crippen MR) is 57.6 cm³/mol. The predicted octanol–water partition coefficient (Wildman–Crippen LogP) is 1.95. The molecule has 0 bridgehead atoms. The van der Waals surface area contributed by atoms with E-state index >= 15 is 0 Å². The maximum Gasteiger partial charge on any atom is 0.244 e. The van der Waals surface area contributed by atoms with Crippen molar-refractivity contribution in [1.29, 1.82) is 0 Å². The molecule has 0 saturated carbocycles. The molecule has 1 amide bonds. The largest absolute Gasteiger partial charge is 0.491 e. The van der Waals surface area contributed by atoms with E-state index in [1.54, 1.807) is 19.1 Å². The highest BCUT2D eigenvalue weighted by Gasteiger charge is 2.25. The highest BCUT2D eigenvalue weighted by atomic mass is 19.1. The van der Waals surface area contributed by atoms with E-state index in [4.69, 9.17) is 4.74 Å². The van der Waals surface area contributed by atoms with Crippen LogP contribution in [0.25, 0.3) is 0 Å². The molecule has 1 aromatic carbocycles. The average Bonchev–Trinajstić information content (AvgIpc) is 2.61. The summed E-state index contributed by atoms with van der Waals surface area (Å²) >= 11 is 0. The summed E-state index contributed by atoms with van der Waals surface area (Å²) in [6, 6.07) is 4.04. The number of carbonyl (C=O) groups excluding carboxylic acids is 1. The van der Waals surface area contributed by atoms with E-state index in [0.29, 0.717) is 17.9 Å². The number of rotatable bonds is 2. The first-order chi connectivity index (χ1) is 7.70. The Labute approximate surface area is 92.9 Å². The van der Waals surface area contributed by atoms with Gasteiger partial charge in [0.1, 0.15) is 18.2 Å². The van der Waals surface area contributed by atoms with Gasteiger partial charge in [0, 0.05) is 5.56 Å². The normalized spacial score (nSPS) is 18.2. The molecule has 1 N–H and O–H groups in total. The Hall–Kier alpha value is -1.84. The zero-order valence-corrected chi connectivity index (χ0v) is 8.87. The zero-order valence-electron chi connectivity index (χ0n) is 8.87. The summed E-state index contributed by atoms with van der Waals surface area (Å²) < 4.78 is 18.4. The summed E-state index contributed by atoms with van der Waals surface area (Å²) in [7, 11) is 0. The fraction of sp³-hybridized carbons (Fsp3) is 0.250. The molecular formula is C12H12FNO2. The lowest BCUT2D eigenvalue weighted by molar-refractivity contribution is -0.117. The minimum Gasteiger partial charge on any atom is -0.491 e. The summed E-state index contributed by atoms with van der Waals surface area (Å²) in [5, 5.41) is 2.75. The molecule has 1 aliphatic rings. The van der Waals surface area contributed by atoms with Crippen molar-refractivity contribution in [1.82, 2.24) is 5.32 Å². The van der Waals surface area contributed by atoms with Crippen LogP contribution in [0.5, 0.6) is 5.75 Å². The molecule has 4 heteroatoms. The van der Waals surface area contributed by atoms with Crippen molar-refractivity contribution in [3.05, 3.63) is 41.7 Å². The number of benzene rings is 1. The van der Waals surface area contributed by atoms with E-state index < -0.39 is 0 Å². The van der Waals surface area contributed by atoms with Gasteiger partial charge < -0.3 is 10.1 Å². The molecule has 0 saturated heterocycles. The zero-order chi connectivity index (χ0) is 11.5. The smallest absolute Gasteiger partial charge is 0.244 e. The maximum absolute atomic E-state index is 13.0. The fourth-order valence-electron chi connectivity index (χ4n) is 1.68. The van der Waals surface area contributed by atoms with Gasteiger partial charge in [-0.2, -0.15) is 0 Å². The van der Waals surface area contributed by atoms with Gasteiger partial charge in [0.25, 0.3) is 0 Å². The van der Waals surface area contributed by atoms with Crippen molar-refractivity contribution in [3.63, 3.8) is 0 Å². The van der Waals surface area contributed by atoms with Crippen LogP contribution in [0, 0.1) is 5.82 Å². The van der Waals surface area contributed by atoms with Gasteiger partial charge in [-0.05, 0) is 31.2 Å². The standard InChI is InChI=1S/C12H12FNO2/c1-2-3-12(15)14-10-7-16-11-5-4-8(13)6-9(10)11/h2-6,10H,7H2,1H3,(H,14,15)/b3-2+. The third kappa shape index (κ3) is 2.05. The molecule has 3 nitrogen and oxygen atoms in total. The van der Waals surface area contributed by atoms with Crippen molar-refractivity contribution in [3.8, 4) is 5.75 Å². The molecule has 0 fully saturated rings. The molecule has 1 heterocycles. The second-order valence-corrected chi connectivity index (χ2v) is 3.55. The number of fused-ring (bicyclic) bond motifs is 1. The Balaban J connectivity index is 2.17. The SMILES string of the molecule is C/C=C/C(=O)NC1COc2ccc(F)cc21. The molecule has 2 rings (SSSR count). The molecule has 1 aliphatic heterocycles. The van der Waals surface area contributed by atoms with Crippen molar-refractivity contribution in [2.45, 2.75) is 13.0 Å². The van der Waals surface area contributed by atoms with E-state index in [0.717, 1.165) is 0 Å². The number of nitrogens with one attached hydrogen (secondary N) is 1. The van der Waals surface area contributed by atoms with Gasteiger partial charge >= 0.3 is 0 Å². The molecule has 84 valence electrons. The van der Waals surface area contributed by atoms with Crippen molar-refractivity contribution < 1.29 is 13.9 Å². The Kier molecular flexibility index (Phi) is 2.90. The molecule has 0 spiro atoms. The van der Waals surface area contributed by atoms with Gasteiger partial charge in [0.2, 0.25) is 5.91 Å². The Bertz CT molecular complexity index is 443. The molecule has 16 heavy (non-hydrogen) atoms. The van der Waals surface area contributed by atoms with Crippen molar-refractivity contribution >= 4 is 5.91 Å². The van der Waals surface area contributed by atoms with Crippen LogP contribution in [0.2, 0.25) is 0 Å². The maximum atomic E-state index is 13.0. The third-order valence-corrected chi connectivity index (χ3v) is 2.39. The quantitative estimate of drug-likeness (QED) is 0.775. The summed E-state index contributed by atoms with van der Waals surface area (Å²) in [4.78, 5) is 11.3. The summed E-state index contributed by atoms with van der Waals surface area (Å²) in [6.45, 7) is 2.11. The molecule has 0 aliphatic carbocycles. The third-order valence-electron chi connectivity index (χ3n) is 2.39. The van der Waals surface area contributed by atoms with Crippen molar-refractivity contribution in [2.24, 2.45) is 0 Å². The topological polar surface area (TPSA) is 38.3 Å². The van der Waals surface area contributed by atoms with E-state index in [1.165, 1.54) is 18.2 Å². The lowest BCUT2D eigenvalue weighted by atomic mass is 10.1. The minimum absolute atomic E-state index is 0.201. The Morgan fingerprint density at radius 1 is 1.62 bits per heavy atom. The number of amides is 1. The lowest BCUT2D eigenvalue weighted by Crippen LogP contribution is -2.27. The minimum atomic E-state index is -0.325. The van der Waals surface area contributed by atoms with Crippen LogP contribution in [0.4, 0.5) is 4.39 Å². The first-order valence-corrected chi connectivity index (χ1v) is 5.06. The van der Waals surface area contributed by atoms with Crippen LogP contribution in [0.1, 0.15) is 18.5 Å². The van der Waals surface area contributed by atoms with Gasteiger partial charge in [-0.1, -0.05) is 6.08 Å². The molecule has 0 radical (unpaired) electrons. The second kappa shape index (κ2) is 4.35. The molecule has 1 atom stereocenters. The van der Waals surface area contributed by atoms with E-state index in [9.17, 15) is 9.18 Å². The van der Waals surface area contributed by atoms with Crippen LogP contribution in [0.3, 0.4) is 0 Å². The van der Waals surface area contributed by atoms with Crippen LogP contribution in [-0.2, 0) is 4.79 Å². The fourth-order valence-corrected chi connectivity index (χ4v) is 1.68. The molecule has 0 aromatic heterocycles. The van der Waals surface area contributed by atoms with Gasteiger partial charge in [-0.15, -0.1) is 0 Å². The first-order valence-electron chi connectivity index (χ1n) is 5.06. The van der Waals surface area contributed by atoms with Gasteiger partial charge in [-0.25, -0.2) is 4.39 Å². The number of allylic oxidation sites excluding steroid dienone is 1. The van der Waals surface area contributed by atoms with Crippen LogP contribution in [-0.4, -0.2) is 12.5 Å². The van der Waals surface area contributed by atoms with E-state index in [-0.39, 0.29) is 17.8 Å². The number of carbonyl (C=O) groups is 1. The molecular weight excluding hydrogens is 209 g/mol. The summed E-state index contributed by atoms with van der Waals surface area (Å²) in [6.07, 6.45) is 3.08. The number of hydrogen-bond acceptors (Lipinski definition) is 2. The average molecular weight is 221 g/mol. The number of ether oxygens (including phenoxy) is 1. The molecule has 1 aromatic rings. The van der Waals surface area contributed by atoms with Crippen LogP contribution >= 0.6 is 0 Å². The van der Waals surface area contributed by atoms with Crippen LogP contribution < -0.4 is 10.1 Å². The van der Waals surface area contributed by atoms with Gasteiger partial charge in [0.05, 0.1) is 6.04 Å². The van der Waals surface area contributed by atoms with Crippen LogP contribution in [0.15, 0.2) is 30.4 Å².